The summed E-state index contributed by atoms with van der Waals surface area (Å²) < 4.78 is 77.9. The molecule has 1 aromatic heterocycles. The van der Waals surface area contributed by atoms with Crippen molar-refractivity contribution in [2.75, 3.05) is 7.05 Å². The third kappa shape index (κ3) is 4.96. The van der Waals surface area contributed by atoms with Gasteiger partial charge in [0.25, 0.3) is 11.5 Å². The van der Waals surface area contributed by atoms with Crippen LogP contribution in [0.1, 0.15) is 41.8 Å². The number of carbonyl (C=O) groups excluding carboxylic acids is 1. The Balaban J connectivity index is 2.55. The van der Waals surface area contributed by atoms with Gasteiger partial charge in [-0.15, -0.1) is 0 Å². The van der Waals surface area contributed by atoms with E-state index < -0.39 is 46.3 Å². The highest BCUT2D eigenvalue weighted by Crippen LogP contribution is 2.37. The van der Waals surface area contributed by atoms with Crippen molar-refractivity contribution < 1.29 is 31.1 Å². The summed E-state index contributed by atoms with van der Waals surface area (Å²) in [6.45, 7) is 3.57. The van der Waals surface area contributed by atoms with Crippen LogP contribution in [0.25, 0.3) is 11.4 Å². The molecule has 0 aliphatic carbocycles. The highest BCUT2D eigenvalue weighted by atomic mass is 19.4. The van der Waals surface area contributed by atoms with Gasteiger partial charge in [0.2, 0.25) is 0 Å². The summed E-state index contributed by atoms with van der Waals surface area (Å²) in [5.41, 5.74) is -5.01. The lowest BCUT2D eigenvalue weighted by Gasteiger charge is -2.23. The van der Waals surface area contributed by atoms with Crippen LogP contribution in [0.3, 0.4) is 0 Å². The van der Waals surface area contributed by atoms with E-state index in [4.69, 9.17) is 0 Å². The molecule has 2 rings (SSSR count). The quantitative estimate of drug-likeness (QED) is 0.747. The van der Waals surface area contributed by atoms with Crippen molar-refractivity contribution in [2.24, 2.45) is 0 Å². The van der Waals surface area contributed by atoms with E-state index in [1.165, 1.54) is 11.9 Å². The normalized spacial score (nSPS) is 13.3. The fourth-order valence-electron chi connectivity index (χ4n) is 2.45. The van der Waals surface area contributed by atoms with Gasteiger partial charge < -0.3 is 9.88 Å². The molecule has 0 fully saturated rings. The molecule has 5 nitrogen and oxygen atoms in total. The van der Waals surface area contributed by atoms with Gasteiger partial charge in [-0.25, -0.2) is 4.98 Å². The zero-order valence-electron chi connectivity index (χ0n) is 15.6. The van der Waals surface area contributed by atoms with E-state index in [0.29, 0.717) is 18.6 Å². The standard InChI is InChI=1S/C18H17F6N3O2/c1-4-9(2)27(3)16(29)13-8-25-14(26-15(13)28)10-5-11(17(19,20)21)7-12(6-10)18(22,23)24/h5-9H,4H2,1-3H3,(H,25,26,28). The van der Waals surface area contributed by atoms with Crippen LogP contribution in [0, 0.1) is 0 Å². The van der Waals surface area contributed by atoms with Crippen molar-refractivity contribution in [2.45, 2.75) is 38.7 Å². The van der Waals surface area contributed by atoms with Gasteiger partial charge >= 0.3 is 12.4 Å². The van der Waals surface area contributed by atoms with Crippen LogP contribution in [0.2, 0.25) is 0 Å². The average molecular weight is 421 g/mol. The summed E-state index contributed by atoms with van der Waals surface area (Å²) in [5.74, 6) is -1.19. The number of nitrogens with one attached hydrogen (secondary N) is 1. The Hall–Kier alpha value is -2.85. The van der Waals surface area contributed by atoms with Gasteiger partial charge in [-0.2, -0.15) is 26.3 Å². The zero-order chi connectivity index (χ0) is 22.1. The highest BCUT2D eigenvalue weighted by molar-refractivity contribution is 5.93. The molecule has 0 saturated carbocycles. The summed E-state index contributed by atoms with van der Waals surface area (Å²) in [5, 5.41) is 0. The van der Waals surface area contributed by atoms with Crippen LogP contribution >= 0.6 is 0 Å². The Morgan fingerprint density at radius 3 is 2.03 bits per heavy atom. The minimum atomic E-state index is -5.04. The molecule has 0 saturated heterocycles. The van der Waals surface area contributed by atoms with Crippen molar-refractivity contribution in [3.8, 4) is 11.4 Å². The number of benzene rings is 1. The van der Waals surface area contributed by atoms with Gasteiger partial charge in [-0.3, -0.25) is 9.59 Å². The lowest BCUT2D eigenvalue weighted by atomic mass is 10.0. The van der Waals surface area contributed by atoms with Crippen LogP contribution in [0.4, 0.5) is 26.3 Å². The summed E-state index contributed by atoms with van der Waals surface area (Å²) in [4.78, 5) is 31.7. The van der Waals surface area contributed by atoms with E-state index in [9.17, 15) is 35.9 Å². The molecule has 1 N–H and O–H groups in total. The molecule has 0 bridgehead atoms. The van der Waals surface area contributed by atoms with Gasteiger partial charge in [-0.1, -0.05) is 6.92 Å². The molecule has 1 amide bonds. The number of rotatable bonds is 4. The third-order valence-electron chi connectivity index (χ3n) is 4.46. The van der Waals surface area contributed by atoms with Crippen LogP contribution in [0.5, 0.6) is 0 Å². The first-order valence-corrected chi connectivity index (χ1v) is 8.42. The van der Waals surface area contributed by atoms with E-state index in [1.54, 1.807) is 6.92 Å². The van der Waals surface area contributed by atoms with E-state index in [0.717, 1.165) is 6.20 Å². The fourth-order valence-corrected chi connectivity index (χ4v) is 2.45. The molecule has 2 aromatic rings. The number of amides is 1. The second-order valence-corrected chi connectivity index (χ2v) is 6.44. The molecule has 158 valence electrons. The summed E-state index contributed by atoms with van der Waals surface area (Å²) >= 11 is 0. The smallest absolute Gasteiger partial charge is 0.339 e. The van der Waals surface area contributed by atoms with E-state index in [2.05, 4.69) is 9.97 Å². The van der Waals surface area contributed by atoms with Crippen LogP contribution in [0.15, 0.2) is 29.2 Å². The Morgan fingerprint density at radius 1 is 1.10 bits per heavy atom. The lowest BCUT2D eigenvalue weighted by molar-refractivity contribution is -0.143. The monoisotopic (exact) mass is 421 g/mol. The first kappa shape index (κ1) is 22.4. The molecule has 1 unspecified atom stereocenters. The number of carbonyl (C=O) groups is 1. The summed E-state index contributed by atoms with van der Waals surface area (Å²) in [6, 6.07) is 0.667. The molecular weight excluding hydrogens is 404 g/mol. The molecule has 11 heteroatoms. The number of aromatic nitrogens is 2. The van der Waals surface area contributed by atoms with Crippen molar-refractivity contribution in [1.29, 1.82) is 0 Å². The first-order chi connectivity index (χ1) is 13.3. The zero-order valence-corrected chi connectivity index (χ0v) is 15.6. The van der Waals surface area contributed by atoms with Crippen molar-refractivity contribution in [3.05, 3.63) is 51.4 Å². The van der Waals surface area contributed by atoms with Crippen LogP contribution in [-0.4, -0.2) is 33.9 Å². The molecule has 1 aromatic carbocycles. The maximum atomic E-state index is 13.0. The minimum Gasteiger partial charge on any atom is -0.339 e. The number of halogens is 6. The maximum Gasteiger partial charge on any atom is 0.416 e. The Bertz CT molecular complexity index is 933. The minimum absolute atomic E-state index is 0.0272. The number of nitrogens with zero attached hydrogens (tertiary/aromatic N) is 2. The average Bonchev–Trinajstić information content (AvgIpc) is 2.64. The number of H-pyrrole nitrogens is 1. The van der Waals surface area contributed by atoms with Crippen LogP contribution < -0.4 is 5.56 Å². The number of hydrogen-bond donors (Lipinski definition) is 1. The van der Waals surface area contributed by atoms with E-state index in [1.807, 2.05) is 6.92 Å². The largest absolute Gasteiger partial charge is 0.416 e. The van der Waals surface area contributed by atoms with Crippen molar-refractivity contribution in [3.63, 3.8) is 0 Å². The topological polar surface area (TPSA) is 66.1 Å². The fraction of sp³-hybridized carbons (Fsp3) is 0.389. The third-order valence-corrected chi connectivity index (χ3v) is 4.46. The lowest BCUT2D eigenvalue weighted by Crippen LogP contribution is -2.37. The van der Waals surface area contributed by atoms with Gasteiger partial charge in [-0.05, 0) is 31.5 Å². The molecule has 1 atom stereocenters. The van der Waals surface area contributed by atoms with Crippen molar-refractivity contribution >= 4 is 5.91 Å². The molecule has 1 heterocycles. The Labute approximate surface area is 161 Å². The summed E-state index contributed by atoms with van der Waals surface area (Å²) in [7, 11) is 1.46. The molecule has 0 spiro atoms. The molecule has 0 radical (unpaired) electrons. The second-order valence-electron chi connectivity index (χ2n) is 6.44. The molecular formula is C18H17F6N3O2. The molecule has 0 aliphatic rings. The maximum absolute atomic E-state index is 13.0. The van der Waals surface area contributed by atoms with Crippen LogP contribution in [-0.2, 0) is 12.4 Å². The van der Waals surface area contributed by atoms with E-state index >= 15 is 0 Å². The highest BCUT2D eigenvalue weighted by Gasteiger charge is 2.37. The predicted molar refractivity (Wildman–Crippen MR) is 92.1 cm³/mol. The first-order valence-electron chi connectivity index (χ1n) is 8.42. The predicted octanol–water partition coefficient (Wildman–Crippen LogP) is 4.35. The van der Waals surface area contributed by atoms with Gasteiger partial charge in [0.15, 0.2) is 0 Å². The summed E-state index contributed by atoms with van der Waals surface area (Å²) in [6.07, 6.45) is -8.63. The second kappa shape index (κ2) is 7.88. The number of alkyl halides is 6. The molecule has 0 aliphatic heterocycles. The molecule has 29 heavy (non-hydrogen) atoms. The Morgan fingerprint density at radius 2 is 1.62 bits per heavy atom. The van der Waals surface area contributed by atoms with E-state index in [-0.39, 0.29) is 17.7 Å². The van der Waals surface area contributed by atoms with Gasteiger partial charge in [0.1, 0.15) is 11.4 Å². The van der Waals surface area contributed by atoms with Gasteiger partial charge in [0.05, 0.1) is 11.1 Å². The van der Waals surface area contributed by atoms with Gasteiger partial charge in [0, 0.05) is 24.8 Å². The SMILES string of the molecule is CCC(C)N(C)C(=O)c1cnc(-c2cc(C(F)(F)F)cc(C(F)(F)F)c2)[nH]c1=O. The number of hydrogen-bond acceptors (Lipinski definition) is 3. The number of aromatic amines is 1. The Kier molecular flexibility index (Phi) is 6.10. The van der Waals surface area contributed by atoms with Crippen molar-refractivity contribution in [1.82, 2.24) is 14.9 Å².